The number of benzene rings is 2. The lowest BCUT2D eigenvalue weighted by molar-refractivity contribution is 0.0936. The zero-order valence-electron chi connectivity index (χ0n) is 13.8. The van der Waals surface area contributed by atoms with E-state index in [0.29, 0.717) is 28.7 Å². The number of halogens is 1. The molecule has 2 aromatic carbocycles. The summed E-state index contributed by atoms with van der Waals surface area (Å²) in [5.74, 6) is 0.755. The van der Waals surface area contributed by atoms with Gasteiger partial charge in [-0.2, -0.15) is 0 Å². The van der Waals surface area contributed by atoms with Crippen molar-refractivity contribution in [3.8, 4) is 11.5 Å². The van der Waals surface area contributed by atoms with Gasteiger partial charge in [0, 0.05) is 5.56 Å². The van der Waals surface area contributed by atoms with Gasteiger partial charge in [-0.15, -0.1) is 0 Å². The first kappa shape index (κ1) is 16.7. The molecule has 4 nitrogen and oxygen atoms in total. The number of ether oxygens (including phenoxy) is 2. The van der Waals surface area contributed by atoms with Crippen LogP contribution in [0.3, 0.4) is 0 Å². The van der Waals surface area contributed by atoms with Gasteiger partial charge in [-0.3, -0.25) is 4.79 Å². The topological polar surface area (TPSA) is 47.6 Å². The third kappa shape index (κ3) is 3.20. The van der Waals surface area contributed by atoms with Gasteiger partial charge in [0.2, 0.25) is 0 Å². The molecule has 0 spiro atoms. The molecule has 0 heterocycles. The van der Waals surface area contributed by atoms with Gasteiger partial charge in [0.15, 0.2) is 11.5 Å². The van der Waals surface area contributed by atoms with Crippen LogP contribution in [0.1, 0.15) is 40.9 Å². The summed E-state index contributed by atoms with van der Waals surface area (Å²) in [6.45, 7) is 2.34. The van der Waals surface area contributed by atoms with Gasteiger partial charge >= 0.3 is 0 Å². The molecule has 1 N–H and O–H groups in total. The van der Waals surface area contributed by atoms with Crippen molar-refractivity contribution in [1.29, 1.82) is 0 Å². The van der Waals surface area contributed by atoms with Gasteiger partial charge in [0.1, 0.15) is 0 Å². The molecule has 0 bridgehead atoms. The van der Waals surface area contributed by atoms with Crippen molar-refractivity contribution >= 4 is 17.5 Å². The molecule has 1 atom stereocenters. The summed E-state index contributed by atoms with van der Waals surface area (Å²) in [4.78, 5) is 12.6. The highest BCUT2D eigenvalue weighted by atomic mass is 35.5. The molecule has 0 saturated heterocycles. The van der Waals surface area contributed by atoms with Gasteiger partial charge in [-0.25, -0.2) is 0 Å². The Morgan fingerprint density at radius 2 is 2.12 bits per heavy atom. The quantitative estimate of drug-likeness (QED) is 0.885. The number of carbonyl (C=O) groups excluding carboxylic acids is 1. The molecule has 24 heavy (non-hydrogen) atoms. The Morgan fingerprint density at radius 3 is 2.88 bits per heavy atom. The van der Waals surface area contributed by atoms with Gasteiger partial charge in [-0.1, -0.05) is 35.9 Å². The number of rotatable bonds is 5. The summed E-state index contributed by atoms with van der Waals surface area (Å²) in [5, 5.41) is 3.46. The average molecular weight is 346 g/mol. The number of amides is 1. The maximum absolute atomic E-state index is 12.6. The number of methoxy groups -OCH3 is 1. The van der Waals surface area contributed by atoms with Crippen molar-refractivity contribution in [2.75, 3.05) is 13.7 Å². The van der Waals surface area contributed by atoms with E-state index in [1.54, 1.807) is 12.1 Å². The minimum Gasteiger partial charge on any atom is -0.493 e. The lowest BCUT2D eigenvalue weighted by Gasteiger charge is -2.16. The van der Waals surface area contributed by atoms with Crippen LogP contribution >= 0.6 is 11.6 Å². The first-order valence-electron chi connectivity index (χ1n) is 8.03. The number of aryl methyl sites for hydroxylation is 1. The van der Waals surface area contributed by atoms with Crippen LogP contribution in [0, 0.1) is 0 Å². The predicted molar refractivity (Wildman–Crippen MR) is 94.1 cm³/mol. The fraction of sp³-hybridized carbons (Fsp3) is 0.316. The fourth-order valence-electron chi connectivity index (χ4n) is 3.08. The van der Waals surface area contributed by atoms with Crippen molar-refractivity contribution in [3.63, 3.8) is 0 Å². The van der Waals surface area contributed by atoms with Crippen LogP contribution in [0.5, 0.6) is 11.5 Å². The largest absolute Gasteiger partial charge is 0.493 e. The summed E-state index contributed by atoms with van der Waals surface area (Å²) in [5.41, 5.74) is 2.95. The van der Waals surface area contributed by atoms with Crippen molar-refractivity contribution < 1.29 is 14.3 Å². The van der Waals surface area contributed by atoms with E-state index in [2.05, 4.69) is 17.4 Å². The van der Waals surface area contributed by atoms with E-state index < -0.39 is 0 Å². The van der Waals surface area contributed by atoms with E-state index in [4.69, 9.17) is 21.1 Å². The zero-order chi connectivity index (χ0) is 17.1. The number of carbonyl (C=O) groups is 1. The van der Waals surface area contributed by atoms with E-state index in [0.717, 1.165) is 12.8 Å². The number of hydrogen-bond donors (Lipinski definition) is 1. The van der Waals surface area contributed by atoms with Crippen LogP contribution in [-0.2, 0) is 6.42 Å². The summed E-state index contributed by atoms with van der Waals surface area (Å²) in [6, 6.07) is 11.5. The van der Waals surface area contributed by atoms with E-state index in [-0.39, 0.29) is 11.9 Å². The zero-order valence-corrected chi connectivity index (χ0v) is 14.5. The van der Waals surface area contributed by atoms with Crippen LogP contribution in [0.4, 0.5) is 0 Å². The van der Waals surface area contributed by atoms with Crippen molar-refractivity contribution in [1.82, 2.24) is 5.32 Å². The lowest BCUT2D eigenvalue weighted by Crippen LogP contribution is -2.27. The molecule has 3 rings (SSSR count). The smallest absolute Gasteiger partial charge is 0.251 e. The Morgan fingerprint density at radius 1 is 1.33 bits per heavy atom. The minimum absolute atomic E-state index is 0.0324. The van der Waals surface area contributed by atoms with Crippen molar-refractivity contribution in [3.05, 3.63) is 58.1 Å². The van der Waals surface area contributed by atoms with Gasteiger partial charge in [0.25, 0.3) is 5.91 Å². The molecule has 0 aromatic heterocycles. The Balaban J connectivity index is 1.82. The Kier molecular flexibility index (Phi) is 4.95. The van der Waals surface area contributed by atoms with Crippen LogP contribution < -0.4 is 14.8 Å². The second kappa shape index (κ2) is 7.14. The summed E-state index contributed by atoms with van der Waals surface area (Å²) >= 11 is 6.25. The average Bonchev–Trinajstić information content (AvgIpc) is 2.99. The standard InChI is InChI=1S/C19H20ClNO3/c1-3-24-18-15(20)10-13(11-17(18)23-2)19(22)21-16-9-8-12-6-4-5-7-14(12)16/h4-7,10-11,16H,3,8-9H2,1-2H3,(H,21,22). The number of hydrogen-bond acceptors (Lipinski definition) is 3. The van der Waals surface area contributed by atoms with E-state index >= 15 is 0 Å². The van der Waals surface area contributed by atoms with E-state index in [1.807, 2.05) is 19.1 Å². The number of nitrogens with one attached hydrogen (secondary N) is 1. The lowest BCUT2D eigenvalue weighted by atomic mass is 10.1. The van der Waals surface area contributed by atoms with Gasteiger partial charge in [0.05, 0.1) is 24.8 Å². The van der Waals surface area contributed by atoms with Crippen LogP contribution in [0.2, 0.25) is 5.02 Å². The molecule has 0 aliphatic heterocycles. The highest BCUT2D eigenvalue weighted by Crippen LogP contribution is 2.37. The van der Waals surface area contributed by atoms with Crippen LogP contribution in [-0.4, -0.2) is 19.6 Å². The molecule has 1 aliphatic carbocycles. The summed E-state index contributed by atoms with van der Waals surface area (Å²) in [6.07, 6.45) is 1.89. The molecular weight excluding hydrogens is 326 g/mol. The molecule has 1 aliphatic rings. The minimum atomic E-state index is -0.167. The maximum Gasteiger partial charge on any atom is 0.251 e. The monoisotopic (exact) mass is 345 g/mol. The summed E-state index contributed by atoms with van der Waals surface area (Å²) < 4.78 is 10.8. The van der Waals surface area contributed by atoms with Crippen LogP contribution in [0.15, 0.2) is 36.4 Å². The highest BCUT2D eigenvalue weighted by Gasteiger charge is 2.24. The van der Waals surface area contributed by atoms with Gasteiger partial charge < -0.3 is 14.8 Å². The second-order valence-corrected chi connectivity index (χ2v) is 6.09. The Hall–Kier alpha value is -2.20. The Labute approximate surface area is 146 Å². The SMILES string of the molecule is CCOc1c(Cl)cc(C(=O)NC2CCc3ccccc32)cc1OC. The second-order valence-electron chi connectivity index (χ2n) is 5.69. The molecule has 5 heteroatoms. The van der Waals surface area contributed by atoms with E-state index in [1.165, 1.54) is 18.2 Å². The van der Waals surface area contributed by atoms with Crippen molar-refractivity contribution in [2.24, 2.45) is 0 Å². The molecule has 0 radical (unpaired) electrons. The normalized spacial score (nSPS) is 15.7. The van der Waals surface area contributed by atoms with E-state index in [9.17, 15) is 4.79 Å². The molecule has 1 amide bonds. The first-order chi connectivity index (χ1) is 11.6. The first-order valence-corrected chi connectivity index (χ1v) is 8.40. The molecule has 0 saturated carbocycles. The number of fused-ring (bicyclic) bond motifs is 1. The third-order valence-electron chi connectivity index (χ3n) is 4.22. The maximum atomic E-state index is 12.6. The molecule has 2 aromatic rings. The highest BCUT2D eigenvalue weighted by molar-refractivity contribution is 6.32. The van der Waals surface area contributed by atoms with Gasteiger partial charge in [-0.05, 0) is 43.0 Å². The predicted octanol–water partition coefficient (Wildman–Crippen LogP) is 4.16. The fourth-order valence-corrected chi connectivity index (χ4v) is 3.35. The third-order valence-corrected chi connectivity index (χ3v) is 4.50. The van der Waals surface area contributed by atoms with Crippen LogP contribution in [0.25, 0.3) is 0 Å². The molecule has 126 valence electrons. The molecule has 0 fully saturated rings. The van der Waals surface area contributed by atoms with Crippen molar-refractivity contribution in [2.45, 2.75) is 25.8 Å². The Bertz CT molecular complexity index is 760. The molecule has 1 unspecified atom stereocenters. The molecular formula is C19H20ClNO3. The summed E-state index contributed by atoms with van der Waals surface area (Å²) in [7, 11) is 1.53.